The van der Waals surface area contributed by atoms with E-state index in [4.69, 9.17) is 9.47 Å². The van der Waals surface area contributed by atoms with Gasteiger partial charge in [0, 0.05) is 0 Å². The molecule has 1 aromatic carbocycles. The molecule has 10 heteroatoms. The molecule has 0 bridgehead atoms. The Labute approximate surface area is 206 Å². The number of halogens is 2. The van der Waals surface area contributed by atoms with Gasteiger partial charge in [-0.2, -0.15) is 0 Å². The molecule has 186 valence electrons. The molecular formula is C24H33AsF2N4O3. The Morgan fingerprint density at radius 3 is 2.56 bits per heavy atom. The zero-order valence-electron chi connectivity index (χ0n) is 20.1. The van der Waals surface area contributed by atoms with Gasteiger partial charge in [-0.3, -0.25) is 0 Å². The van der Waals surface area contributed by atoms with Crippen LogP contribution in [0.3, 0.4) is 0 Å². The molecule has 1 saturated heterocycles. The van der Waals surface area contributed by atoms with Gasteiger partial charge in [-0.15, -0.1) is 0 Å². The van der Waals surface area contributed by atoms with Crippen LogP contribution in [0.15, 0.2) is 24.5 Å². The average molecular weight is 538 g/mol. The molecule has 1 N–H and O–H groups in total. The number of aromatic nitrogens is 2. The number of anilines is 1. The van der Waals surface area contributed by atoms with E-state index in [1.54, 1.807) is 11.0 Å². The minimum atomic E-state index is -1.22. The standard InChI is InChI=1S/C24H33AsF2N4O3/c1-15(2)5-8-28-21-12-19(26)18(11-20(21)27)25-22-13-23(30-14-29-22)34-17-6-9-31(10-7-17)24(32)33-16(3)4/h11-17,25,28H,5-10H2,1-4H3. The van der Waals surface area contributed by atoms with E-state index in [1.165, 1.54) is 18.5 Å². The fourth-order valence-corrected chi connectivity index (χ4v) is 5.55. The molecule has 34 heavy (non-hydrogen) atoms. The Balaban J connectivity index is 1.57. The Morgan fingerprint density at radius 2 is 1.88 bits per heavy atom. The molecule has 3 rings (SSSR count). The molecular weight excluding hydrogens is 505 g/mol. The van der Waals surface area contributed by atoms with Crippen molar-refractivity contribution in [3.05, 3.63) is 36.2 Å². The predicted octanol–water partition coefficient (Wildman–Crippen LogP) is 2.99. The Bertz CT molecular complexity index is 969. The van der Waals surface area contributed by atoms with Crippen molar-refractivity contribution in [2.45, 2.75) is 59.2 Å². The number of benzene rings is 1. The van der Waals surface area contributed by atoms with Gasteiger partial charge in [-0.25, -0.2) is 0 Å². The number of likely N-dealkylation sites (tertiary alicyclic amines) is 1. The molecule has 1 unspecified atom stereocenters. The summed E-state index contributed by atoms with van der Waals surface area (Å²) in [7, 11) is 0. The van der Waals surface area contributed by atoms with Gasteiger partial charge in [-0.1, -0.05) is 0 Å². The zero-order valence-corrected chi connectivity index (χ0v) is 22.2. The van der Waals surface area contributed by atoms with Crippen LogP contribution in [0.5, 0.6) is 5.88 Å². The number of hydrogen-bond donors (Lipinski definition) is 1. The molecule has 0 saturated carbocycles. The number of rotatable bonds is 9. The molecule has 1 atom stereocenters. The monoisotopic (exact) mass is 538 g/mol. The van der Waals surface area contributed by atoms with E-state index in [1.807, 2.05) is 13.8 Å². The summed E-state index contributed by atoms with van der Waals surface area (Å²) < 4.78 is 41.4. The van der Waals surface area contributed by atoms with Crippen LogP contribution < -0.4 is 18.9 Å². The van der Waals surface area contributed by atoms with Crippen molar-refractivity contribution in [2.75, 3.05) is 25.0 Å². The fraction of sp³-hybridized carbons (Fsp3) is 0.542. The predicted molar refractivity (Wildman–Crippen MR) is 130 cm³/mol. The number of nitrogens with zero attached hydrogens (tertiary/aromatic N) is 3. The molecule has 0 radical (unpaired) electrons. The van der Waals surface area contributed by atoms with E-state index in [0.717, 1.165) is 6.42 Å². The normalized spacial score (nSPS) is 14.9. The Hall–Kier alpha value is -2.41. The minimum absolute atomic E-state index is 0.0868. The van der Waals surface area contributed by atoms with Gasteiger partial charge in [0.05, 0.1) is 0 Å². The second-order valence-electron chi connectivity index (χ2n) is 9.02. The second-order valence-corrected chi connectivity index (χ2v) is 11.8. The maximum atomic E-state index is 14.7. The molecule has 0 aliphatic carbocycles. The first-order chi connectivity index (χ1) is 16.2. The number of amides is 1. The number of carbonyl (C=O) groups is 1. The van der Waals surface area contributed by atoms with Gasteiger partial charge in [0.2, 0.25) is 0 Å². The topological polar surface area (TPSA) is 76.6 Å². The van der Waals surface area contributed by atoms with Crippen LogP contribution in [0.2, 0.25) is 0 Å². The molecule has 2 aromatic rings. The maximum absolute atomic E-state index is 14.7. The van der Waals surface area contributed by atoms with Crippen molar-refractivity contribution in [3.63, 3.8) is 0 Å². The van der Waals surface area contributed by atoms with Gasteiger partial charge in [0.1, 0.15) is 0 Å². The molecule has 7 nitrogen and oxygen atoms in total. The van der Waals surface area contributed by atoms with Crippen molar-refractivity contribution < 1.29 is 23.0 Å². The van der Waals surface area contributed by atoms with Crippen LogP contribution in [0, 0.1) is 17.6 Å². The van der Waals surface area contributed by atoms with Gasteiger partial charge < -0.3 is 0 Å². The summed E-state index contributed by atoms with van der Waals surface area (Å²) in [6, 6.07) is 4.19. The van der Waals surface area contributed by atoms with Gasteiger partial charge >= 0.3 is 206 Å². The summed E-state index contributed by atoms with van der Waals surface area (Å²) in [6.07, 6.45) is 3.04. The van der Waals surface area contributed by atoms with Crippen LogP contribution in [-0.2, 0) is 4.74 Å². The SMILES string of the molecule is CC(C)CCNc1cc(F)c([AsH]c2cc(OC3CCN(C(=O)OC(C)C)CC3)ncn2)cc1F. The van der Waals surface area contributed by atoms with Crippen LogP contribution >= 0.6 is 0 Å². The molecule has 1 fully saturated rings. The number of carbonyl (C=O) groups excluding carboxylic acids is 1. The summed E-state index contributed by atoms with van der Waals surface area (Å²) >= 11 is -1.22. The van der Waals surface area contributed by atoms with Crippen LogP contribution in [0.4, 0.5) is 19.3 Å². The third kappa shape index (κ3) is 7.83. The Morgan fingerprint density at radius 1 is 1.15 bits per heavy atom. The summed E-state index contributed by atoms with van der Waals surface area (Å²) in [4.78, 5) is 22.1. The molecule has 1 amide bonds. The van der Waals surface area contributed by atoms with Crippen LogP contribution in [0.1, 0.15) is 47.0 Å². The Kier molecular flexibility index (Phi) is 9.51. The van der Waals surface area contributed by atoms with E-state index >= 15 is 0 Å². The van der Waals surface area contributed by atoms with Gasteiger partial charge in [0.15, 0.2) is 0 Å². The summed E-state index contributed by atoms with van der Waals surface area (Å²) in [5, 5.41) is 2.97. The first-order valence-electron chi connectivity index (χ1n) is 11.7. The van der Waals surface area contributed by atoms with Gasteiger partial charge in [0.25, 0.3) is 0 Å². The van der Waals surface area contributed by atoms with Crippen molar-refractivity contribution in [1.82, 2.24) is 14.9 Å². The summed E-state index contributed by atoms with van der Waals surface area (Å²) in [5.41, 5.74) is 0.184. The number of hydrogen-bond acceptors (Lipinski definition) is 6. The van der Waals surface area contributed by atoms with Crippen LogP contribution in [0.25, 0.3) is 0 Å². The third-order valence-electron chi connectivity index (χ3n) is 5.32. The number of ether oxygens (including phenoxy) is 2. The van der Waals surface area contributed by atoms with Crippen molar-refractivity contribution in [1.29, 1.82) is 0 Å². The van der Waals surface area contributed by atoms with E-state index in [-0.39, 0.29) is 24.0 Å². The van der Waals surface area contributed by atoms with Crippen LogP contribution in [-0.4, -0.2) is 68.6 Å². The summed E-state index contributed by atoms with van der Waals surface area (Å²) in [6.45, 7) is 9.49. The average Bonchev–Trinajstić information content (AvgIpc) is 2.77. The van der Waals surface area contributed by atoms with E-state index in [9.17, 15) is 13.6 Å². The van der Waals surface area contributed by atoms with Gasteiger partial charge in [-0.05, 0) is 0 Å². The first-order valence-corrected chi connectivity index (χ1v) is 13.7. The van der Waals surface area contributed by atoms with E-state index in [2.05, 4.69) is 29.1 Å². The molecule has 1 aliphatic heterocycles. The summed E-state index contributed by atoms with van der Waals surface area (Å²) in [5.74, 6) is -0.00774. The molecule has 2 heterocycles. The number of nitrogens with one attached hydrogen (secondary N) is 1. The zero-order chi connectivity index (χ0) is 24.7. The first kappa shape index (κ1) is 26.2. The van der Waals surface area contributed by atoms with E-state index < -0.39 is 27.4 Å². The van der Waals surface area contributed by atoms with Crippen molar-refractivity contribution in [2.24, 2.45) is 5.92 Å². The quantitative estimate of drug-likeness (QED) is 0.495. The van der Waals surface area contributed by atoms with E-state index in [0.29, 0.717) is 53.1 Å². The molecule has 1 aromatic heterocycles. The van der Waals surface area contributed by atoms with Crippen molar-refractivity contribution in [3.8, 4) is 5.88 Å². The second kappa shape index (κ2) is 12.3. The number of piperidine rings is 1. The molecule has 1 aliphatic rings. The fourth-order valence-electron chi connectivity index (χ4n) is 3.49. The van der Waals surface area contributed by atoms with Crippen molar-refractivity contribution >= 4 is 36.4 Å². The molecule has 0 spiro atoms. The third-order valence-corrected chi connectivity index (χ3v) is 7.80.